The van der Waals surface area contributed by atoms with Crippen LogP contribution in [0.3, 0.4) is 0 Å². The SMILES string of the molecule is O=C(NCc1nnnn1-c1ccc(Cl)cc1)c1cc(Cl)ccc1Cl. The Balaban J connectivity index is 1.76. The minimum Gasteiger partial charge on any atom is -0.345 e. The molecule has 9 heteroatoms. The molecular formula is C15H10Cl3N5O. The standard InChI is InChI=1S/C15H10Cl3N5O/c16-9-1-4-11(5-2-9)23-14(20-21-22-23)8-19-15(24)12-7-10(17)3-6-13(12)18/h1-7H,8H2,(H,19,24). The predicted octanol–water partition coefficient (Wildman–Crippen LogP) is 3.55. The molecule has 1 heterocycles. The zero-order valence-electron chi connectivity index (χ0n) is 12.1. The summed E-state index contributed by atoms with van der Waals surface area (Å²) < 4.78 is 1.51. The van der Waals surface area contributed by atoms with Crippen molar-refractivity contribution in [2.75, 3.05) is 0 Å². The molecule has 0 aliphatic carbocycles. The molecule has 122 valence electrons. The van der Waals surface area contributed by atoms with Gasteiger partial charge in [0.25, 0.3) is 5.91 Å². The largest absolute Gasteiger partial charge is 0.345 e. The Hall–Kier alpha value is -2.15. The van der Waals surface area contributed by atoms with Crippen molar-refractivity contribution >= 4 is 40.7 Å². The van der Waals surface area contributed by atoms with E-state index in [-0.39, 0.29) is 18.0 Å². The molecule has 3 rings (SSSR count). The van der Waals surface area contributed by atoms with Gasteiger partial charge in [-0.25, -0.2) is 0 Å². The highest BCUT2D eigenvalue weighted by molar-refractivity contribution is 6.35. The summed E-state index contributed by atoms with van der Waals surface area (Å²) in [5, 5.41) is 15.5. The summed E-state index contributed by atoms with van der Waals surface area (Å²) in [6.07, 6.45) is 0. The van der Waals surface area contributed by atoms with Gasteiger partial charge >= 0.3 is 0 Å². The normalized spacial score (nSPS) is 10.6. The Morgan fingerprint density at radius 1 is 1.04 bits per heavy atom. The first kappa shape index (κ1) is 16.7. The third-order valence-electron chi connectivity index (χ3n) is 3.19. The van der Waals surface area contributed by atoms with Crippen LogP contribution in [0.25, 0.3) is 5.69 Å². The fourth-order valence-electron chi connectivity index (χ4n) is 2.02. The molecule has 0 aliphatic heterocycles. The first-order chi connectivity index (χ1) is 11.5. The number of tetrazole rings is 1. The first-order valence-electron chi connectivity index (χ1n) is 6.81. The summed E-state index contributed by atoms with van der Waals surface area (Å²) in [5.74, 6) is 0.0944. The number of nitrogens with one attached hydrogen (secondary N) is 1. The Kier molecular flexibility index (Phi) is 4.99. The fraction of sp³-hybridized carbons (Fsp3) is 0.0667. The number of hydrogen-bond donors (Lipinski definition) is 1. The van der Waals surface area contributed by atoms with E-state index in [1.165, 1.54) is 10.7 Å². The molecule has 1 amide bonds. The highest BCUT2D eigenvalue weighted by Crippen LogP contribution is 2.20. The molecule has 6 nitrogen and oxygen atoms in total. The van der Waals surface area contributed by atoms with E-state index in [0.717, 1.165) is 5.69 Å². The molecule has 0 unspecified atom stereocenters. The van der Waals surface area contributed by atoms with Crippen LogP contribution in [0.5, 0.6) is 0 Å². The monoisotopic (exact) mass is 381 g/mol. The second kappa shape index (κ2) is 7.17. The quantitative estimate of drug-likeness (QED) is 0.749. The van der Waals surface area contributed by atoms with Crippen LogP contribution >= 0.6 is 34.8 Å². The average molecular weight is 383 g/mol. The van der Waals surface area contributed by atoms with Crippen LogP contribution in [0.4, 0.5) is 0 Å². The van der Waals surface area contributed by atoms with Crippen molar-refractivity contribution in [2.45, 2.75) is 6.54 Å². The Bertz CT molecular complexity index is 879. The number of hydrogen-bond acceptors (Lipinski definition) is 4. The number of carbonyl (C=O) groups is 1. The van der Waals surface area contributed by atoms with Crippen LogP contribution < -0.4 is 5.32 Å². The van der Waals surface area contributed by atoms with Gasteiger partial charge in [0, 0.05) is 10.0 Å². The van der Waals surface area contributed by atoms with Crippen LogP contribution in [-0.4, -0.2) is 26.1 Å². The minimum atomic E-state index is -0.367. The Morgan fingerprint density at radius 2 is 1.75 bits per heavy atom. The highest BCUT2D eigenvalue weighted by Gasteiger charge is 2.14. The second-order valence-electron chi connectivity index (χ2n) is 4.79. The summed E-state index contributed by atoms with van der Waals surface area (Å²) in [4.78, 5) is 12.3. The molecule has 0 saturated carbocycles. The number of amides is 1. The van der Waals surface area contributed by atoms with Crippen molar-refractivity contribution in [1.82, 2.24) is 25.5 Å². The molecule has 0 spiro atoms. The lowest BCUT2D eigenvalue weighted by atomic mass is 10.2. The van der Waals surface area contributed by atoms with Crippen LogP contribution in [0.2, 0.25) is 15.1 Å². The zero-order valence-corrected chi connectivity index (χ0v) is 14.3. The minimum absolute atomic E-state index is 0.122. The van der Waals surface area contributed by atoms with Crippen molar-refractivity contribution in [1.29, 1.82) is 0 Å². The number of halogens is 3. The van der Waals surface area contributed by atoms with E-state index in [1.54, 1.807) is 36.4 Å². The van der Waals surface area contributed by atoms with Gasteiger partial charge in [0.1, 0.15) is 0 Å². The third-order valence-corrected chi connectivity index (χ3v) is 4.00. The van der Waals surface area contributed by atoms with Crippen LogP contribution in [0, 0.1) is 0 Å². The molecule has 0 saturated heterocycles. The summed E-state index contributed by atoms with van der Waals surface area (Å²) in [7, 11) is 0. The van der Waals surface area contributed by atoms with Gasteiger partial charge in [0.2, 0.25) is 0 Å². The van der Waals surface area contributed by atoms with Crippen molar-refractivity contribution in [2.24, 2.45) is 0 Å². The molecule has 0 bridgehead atoms. The second-order valence-corrected chi connectivity index (χ2v) is 6.07. The summed E-state index contributed by atoms with van der Waals surface area (Å²) in [5.41, 5.74) is 1.02. The van der Waals surface area contributed by atoms with Gasteiger partial charge in [-0.1, -0.05) is 34.8 Å². The predicted molar refractivity (Wildman–Crippen MR) is 91.8 cm³/mol. The van der Waals surface area contributed by atoms with E-state index in [0.29, 0.717) is 20.9 Å². The molecule has 0 aliphatic rings. The highest BCUT2D eigenvalue weighted by atomic mass is 35.5. The maximum Gasteiger partial charge on any atom is 0.253 e. The van der Waals surface area contributed by atoms with Gasteiger partial charge in [-0.15, -0.1) is 5.10 Å². The van der Waals surface area contributed by atoms with Gasteiger partial charge in [-0.05, 0) is 52.9 Å². The number of aromatic nitrogens is 4. The van der Waals surface area contributed by atoms with E-state index in [2.05, 4.69) is 20.8 Å². The average Bonchev–Trinajstić information content (AvgIpc) is 3.04. The lowest BCUT2D eigenvalue weighted by Gasteiger charge is -2.08. The van der Waals surface area contributed by atoms with Gasteiger partial charge in [-0.3, -0.25) is 4.79 Å². The number of benzene rings is 2. The summed E-state index contributed by atoms with van der Waals surface area (Å²) >= 11 is 17.8. The van der Waals surface area contributed by atoms with E-state index in [9.17, 15) is 4.79 Å². The lowest BCUT2D eigenvalue weighted by molar-refractivity contribution is 0.0950. The Labute approximate surface area is 152 Å². The van der Waals surface area contributed by atoms with Gasteiger partial charge < -0.3 is 5.32 Å². The van der Waals surface area contributed by atoms with Crippen molar-refractivity contribution < 1.29 is 4.79 Å². The number of carbonyl (C=O) groups excluding carboxylic acids is 1. The smallest absolute Gasteiger partial charge is 0.253 e. The zero-order chi connectivity index (χ0) is 17.1. The maximum atomic E-state index is 12.3. The summed E-state index contributed by atoms with van der Waals surface area (Å²) in [6.45, 7) is 0.122. The molecule has 1 aromatic heterocycles. The molecule has 0 radical (unpaired) electrons. The van der Waals surface area contributed by atoms with Crippen LogP contribution in [0.1, 0.15) is 16.2 Å². The first-order valence-corrected chi connectivity index (χ1v) is 7.94. The molecule has 1 N–H and O–H groups in total. The number of nitrogens with zero attached hydrogens (tertiary/aromatic N) is 4. The molecule has 0 fully saturated rings. The molecule has 24 heavy (non-hydrogen) atoms. The Morgan fingerprint density at radius 3 is 2.50 bits per heavy atom. The van der Waals surface area contributed by atoms with E-state index >= 15 is 0 Å². The van der Waals surface area contributed by atoms with Crippen molar-refractivity contribution in [3.05, 3.63) is 68.9 Å². The molecular weight excluding hydrogens is 373 g/mol. The molecule has 0 atom stereocenters. The third kappa shape index (κ3) is 3.67. The molecule has 2 aromatic carbocycles. The number of rotatable bonds is 4. The topological polar surface area (TPSA) is 72.7 Å². The molecule has 3 aromatic rings. The van der Waals surface area contributed by atoms with Gasteiger partial charge in [0.15, 0.2) is 5.82 Å². The van der Waals surface area contributed by atoms with E-state index < -0.39 is 0 Å². The van der Waals surface area contributed by atoms with Crippen LogP contribution in [-0.2, 0) is 6.54 Å². The van der Waals surface area contributed by atoms with Crippen molar-refractivity contribution in [3.8, 4) is 5.69 Å². The lowest BCUT2D eigenvalue weighted by Crippen LogP contribution is -2.25. The van der Waals surface area contributed by atoms with E-state index in [1.807, 2.05) is 0 Å². The van der Waals surface area contributed by atoms with Crippen LogP contribution in [0.15, 0.2) is 42.5 Å². The fourth-order valence-corrected chi connectivity index (χ4v) is 2.53. The maximum absolute atomic E-state index is 12.3. The van der Waals surface area contributed by atoms with Gasteiger partial charge in [0.05, 0.1) is 22.8 Å². The summed E-state index contributed by atoms with van der Waals surface area (Å²) in [6, 6.07) is 11.7. The van der Waals surface area contributed by atoms with Crippen molar-refractivity contribution in [3.63, 3.8) is 0 Å². The van der Waals surface area contributed by atoms with E-state index in [4.69, 9.17) is 34.8 Å². The van der Waals surface area contributed by atoms with Gasteiger partial charge in [-0.2, -0.15) is 4.68 Å².